The van der Waals surface area contributed by atoms with E-state index in [9.17, 15) is 0 Å². The summed E-state index contributed by atoms with van der Waals surface area (Å²) in [5.41, 5.74) is 1.24. The summed E-state index contributed by atoms with van der Waals surface area (Å²) in [6.07, 6.45) is 11.2. The number of aromatic nitrogens is 2. The van der Waals surface area contributed by atoms with Gasteiger partial charge in [0.05, 0.1) is 11.7 Å². The number of hydrogen-bond donors (Lipinski definition) is 1. The Morgan fingerprint density at radius 3 is 2.88 bits per heavy atom. The van der Waals surface area contributed by atoms with Crippen molar-refractivity contribution in [3.63, 3.8) is 0 Å². The first-order chi connectivity index (χ1) is 8.40. The molecular formula is C14H25N3. The van der Waals surface area contributed by atoms with Gasteiger partial charge in [0.25, 0.3) is 0 Å². The summed E-state index contributed by atoms with van der Waals surface area (Å²) in [6.45, 7) is 4.36. The van der Waals surface area contributed by atoms with Gasteiger partial charge in [-0.05, 0) is 31.9 Å². The van der Waals surface area contributed by atoms with Crippen molar-refractivity contribution in [1.29, 1.82) is 0 Å². The van der Waals surface area contributed by atoms with Gasteiger partial charge in [-0.25, -0.2) is 0 Å². The number of rotatable bonds is 6. The second-order valence-electron chi connectivity index (χ2n) is 5.08. The summed E-state index contributed by atoms with van der Waals surface area (Å²) in [5.74, 6) is 0. The molecule has 1 aliphatic carbocycles. The molecule has 0 spiro atoms. The van der Waals surface area contributed by atoms with Gasteiger partial charge in [0.15, 0.2) is 0 Å². The fourth-order valence-electron chi connectivity index (χ4n) is 2.58. The predicted molar refractivity (Wildman–Crippen MR) is 71.2 cm³/mol. The molecule has 0 atom stereocenters. The third kappa shape index (κ3) is 3.84. The molecule has 3 heteroatoms. The zero-order valence-corrected chi connectivity index (χ0v) is 11.0. The summed E-state index contributed by atoms with van der Waals surface area (Å²) < 4.78 is 2.20. The van der Waals surface area contributed by atoms with Crippen molar-refractivity contribution in [1.82, 2.24) is 15.1 Å². The zero-order valence-electron chi connectivity index (χ0n) is 11.0. The Hall–Kier alpha value is -0.830. The summed E-state index contributed by atoms with van der Waals surface area (Å²) in [5, 5.41) is 8.13. The highest BCUT2D eigenvalue weighted by Gasteiger charge is 2.15. The molecule has 1 aromatic rings. The molecule has 3 nitrogen and oxygen atoms in total. The van der Waals surface area contributed by atoms with E-state index in [0.29, 0.717) is 6.04 Å². The molecule has 96 valence electrons. The first kappa shape index (κ1) is 12.6. The first-order valence-corrected chi connectivity index (χ1v) is 7.15. The molecule has 0 amide bonds. The highest BCUT2D eigenvalue weighted by atomic mass is 15.3. The molecule has 17 heavy (non-hydrogen) atoms. The fraction of sp³-hybridized carbons (Fsp3) is 0.786. The molecule has 2 rings (SSSR count). The monoisotopic (exact) mass is 235 g/mol. The highest BCUT2D eigenvalue weighted by Crippen LogP contribution is 2.27. The van der Waals surface area contributed by atoms with Gasteiger partial charge in [-0.2, -0.15) is 5.10 Å². The van der Waals surface area contributed by atoms with E-state index >= 15 is 0 Å². The Balaban J connectivity index is 1.78. The van der Waals surface area contributed by atoms with Crippen LogP contribution in [0, 0.1) is 0 Å². The fourth-order valence-corrected chi connectivity index (χ4v) is 2.58. The minimum atomic E-state index is 0.668. The van der Waals surface area contributed by atoms with Gasteiger partial charge in [0.2, 0.25) is 0 Å². The lowest BCUT2D eigenvalue weighted by Gasteiger charge is -2.21. The van der Waals surface area contributed by atoms with Crippen LogP contribution in [0.3, 0.4) is 0 Å². The van der Waals surface area contributed by atoms with Crippen LogP contribution >= 0.6 is 0 Å². The van der Waals surface area contributed by atoms with E-state index < -0.39 is 0 Å². The molecule has 0 aliphatic heterocycles. The predicted octanol–water partition coefficient (Wildman–Crippen LogP) is 2.93. The average molecular weight is 235 g/mol. The lowest BCUT2D eigenvalue weighted by molar-refractivity contribution is 0.328. The normalized spacial score (nSPS) is 17.5. The Morgan fingerprint density at radius 1 is 1.29 bits per heavy atom. The van der Waals surface area contributed by atoms with Crippen molar-refractivity contribution < 1.29 is 0 Å². The largest absolute Gasteiger partial charge is 0.316 e. The molecule has 1 N–H and O–H groups in total. The maximum absolute atomic E-state index is 4.71. The third-order valence-electron chi connectivity index (χ3n) is 3.60. The molecule has 0 radical (unpaired) electrons. The van der Waals surface area contributed by atoms with Crippen LogP contribution in [-0.4, -0.2) is 22.9 Å². The van der Waals surface area contributed by atoms with E-state index in [0.717, 1.165) is 19.5 Å². The van der Waals surface area contributed by atoms with Gasteiger partial charge in [0, 0.05) is 19.2 Å². The molecule has 1 saturated carbocycles. The minimum absolute atomic E-state index is 0.668. The molecule has 0 aromatic carbocycles. The average Bonchev–Trinajstić information content (AvgIpc) is 2.85. The van der Waals surface area contributed by atoms with E-state index in [1.54, 1.807) is 0 Å². The van der Waals surface area contributed by atoms with Gasteiger partial charge < -0.3 is 5.32 Å². The Labute approximate surface area is 105 Å². The number of nitrogens with one attached hydrogen (secondary N) is 1. The standard InChI is InChI=1S/C14H25N3/c1-2-10-15-11-8-13-9-12-17(16-13)14-6-4-3-5-7-14/h9,12,14-15H,2-8,10-11H2,1H3. The van der Waals surface area contributed by atoms with E-state index in [1.165, 1.54) is 44.2 Å². The van der Waals surface area contributed by atoms with Crippen LogP contribution < -0.4 is 5.32 Å². The van der Waals surface area contributed by atoms with E-state index in [1.807, 2.05) is 0 Å². The molecule has 1 aromatic heterocycles. The summed E-state index contributed by atoms with van der Waals surface area (Å²) in [7, 11) is 0. The Kier molecular flexibility index (Phi) is 5.05. The molecule has 1 fully saturated rings. The van der Waals surface area contributed by atoms with Crippen molar-refractivity contribution in [2.24, 2.45) is 0 Å². The smallest absolute Gasteiger partial charge is 0.0637 e. The van der Waals surface area contributed by atoms with Crippen LogP contribution in [0.1, 0.15) is 57.2 Å². The summed E-state index contributed by atoms with van der Waals surface area (Å²) >= 11 is 0. The second kappa shape index (κ2) is 6.80. The summed E-state index contributed by atoms with van der Waals surface area (Å²) in [6, 6.07) is 2.85. The van der Waals surface area contributed by atoms with Gasteiger partial charge >= 0.3 is 0 Å². The minimum Gasteiger partial charge on any atom is -0.316 e. The van der Waals surface area contributed by atoms with Gasteiger partial charge in [0.1, 0.15) is 0 Å². The SMILES string of the molecule is CCCNCCc1ccn(C2CCCCC2)n1. The molecule has 1 aliphatic rings. The highest BCUT2D eigenvalue weighted by molar-refractivity contribution is 5.00. The topological polar surface area (TPSA) is 29.9 Å². The van der Waals surface area contributed by atoms with Gasteiger partial charge in [-0.1, -0.05) is 26.2 Å². The van der Waals surface area contributed by atoms with Crippen LogP contribution in [0.15, 0.2) is 12.3 Å². The van der Waals surface area contributed by atoms with Crippen LogP contribution in [0.5, 0.6) is 0 Å². The Bertz CT molecular complexity index is 313. The van der Waals surface area contributed by atoms with Gasteiger partial charge in [-0.3, -0.25) is 4.68 Å². The van der Waals surface area contributed by atoms with Crippen LogP contribution in [0.25, 0.3) is 0 Å². The van der Waals surface area contributed by atoms with Crippen molar-refractivity contribution >= 4 is 0 Å². The third-order valence-corrected chi connectivity index (χ3v) is 3.60. The molecule has 0 bridgehead atoms. The van der Waals surface area contributed by atoms with Crippen LogP contribution in [-0.2, 0) is 6.42 Å². The molecule has 0 saturated heterocycles. The molecule has 0 unspecified atom stereocenters. The molecule has 1 heterocycles. The lowest BCUT2D eigenvalue weighted by atomic mass is 9.96. The van der Waals surface area contributed by atoms with Crippen molar-refractivity contribution in [3.8, 4) is 0 Å². The maximum atomic E-state index is 4.71. The number of hydrogen-bond acceptors (Lipinski definition) is 2. The quantitative estimate of drug-likeness (QED) is 0.768. The van der Waals surface area contributed by atoms with Crippen molar-refractivity contribution in [3.05, 3.63) is 18.0 Å². The van der Waals surface area contributed by atoms with E-state index in [2.05, 4.69) is 29.2 Å². The van der Waals surface area contributed by atoms with Crippen LogP contribution in [0.4, 0.5) is 0 Å². The van der Waals surface area contributed by atoms with Gasteiger partial charge in [-0.15, -0.1) is 0 Å². The molecular weight excluding hydrogens is 210 g/mol. The van der Waals surface area contributed by atoms with Crippen molar-refractivity contribution in [2.45, 2.75) is 57.9 Å². The Morgan fingerprint density at radius 2 is 2.12 bits per heavy atom. The first-order valence-electron chi connectivity index (χ1n) is 7.15. The number of nitrogens with zero attached hydrogens (tertiary/aromatic N) is 2. The van der Waals surface area contributed by atoms with E-state index in [-0.39, 0.29) is 0 Å². The van der Waals surface area contributed by atoms with Crippen molar-refractivity contribution in [2.75, 3.05) is 13.1 Å². The zero-order chi connectivity index (χ0) is 11.9. The van der Waals surface area contributed by atoms with Crippen LogP contribution in [0.2, 0.25) is 0 Å². The maximum Gasteiger partial charge on any atom is 0.0637 e. The van der Waals surface area contributed by atoms with E-state index in [4.69, 9.17) is 5.10 Å². The lowest BCUT2D eigenvalue weighted by Crippen LogP contribution is -2.18. The summed E-state index contributed by atoms with van der Waals surface area (Å²) in [4.78, 5) is 0. The second-order valence-corrected chi connectivity index (χ2v) is 5.08.